The zero-order valence-corrected chi connectivity index (χ0v) is 16.9. The van der Waals surface area contributed by atoms with Crippen molar-refractivity contribution in [2.45, 2.75) is 27.3 Å². The minimum atomic E-state index is -0.229. The van der Waals surface area contributed by atoms with Crippen LogP contribution in [-0.4, -0.2) is 24.2 Å². The zero-order valence-electron chi connectivity index (χ0n) is 15.3. The maximum Gasteiger partial charge on any atom is 0.279 e. The Kier molecular flexibility index (Phi) is 5.61. The highest BCUT2D eigenvalue weighted by Crippen LogP contribution is 2.27. The Bertz CT molecular complexity index is 1050. The van der Waals surface area contributed by atoms with Crippen LogP contribution in [0.3, 0.4) is 0 Å². The summed E-state index contributed by atoms with van der Waals surface area (Å²) < 4.78 is 8.31. The number of hydrogen-bond acceptors (Lipinski definition) is 3. The van der Waals surface area contributed by atoms with E-state index in [9.17, 15) is 4.79 Å². The van der Waals surface area contributed by atoms with Gasteiger partial charge in [0.2, 0.25) is 0 Å². The molecule has 6 heteroatoms. The van der Waals surface area contributed by atoms with Crippen molar-refractivity contribution in [2.24, 2.45) is 4.99 Å². The lowest BCUT2D eigenvalue weighted by atomic mass is 10.1. The fourth-order valence-electron chi connectivity index (χ4n) is 2.90. The number of thiazole rings is 1. The first kappa shape index (κ1) is 18.8. The molecule has 0 unspecified atom stereocenters. The number of carbonyl (C=O) groups excluding carboxylic acids is 1. The van der Waals surface area contributed by atoms with Crippen molar-refractivity contribution in [1.82, 2.24) is 4.57 Å². The molecular formula is C20H21ClN2O2S. The Hall–Kier alpha value is -1.95. The average molecular weight is 389 g/mol. The summed E-state index contributed by atoms with van der Waals surface area (Å²) in [7, 11) is 1.66. The molecule has 1 amide bonds. The SMILES string of the molecule is COCCn1c(=NC(=O)c2cc(C)ccc2C)sc2ccc(Cl)c(C)c21. The molecule has 0 bridgehead atoms. The molecule has 0 N–H and O–H groups in total. The first-order valence-electron chi connectivity index (χ1n) is 8.36. The van der Waals surface area contributed by atoms with E-state index in [1.54, 1.807) is 7.11 Å². The molecule has 1 aromatic heterocycles. The lowest BCUT2D eigenvalue weighted by molar-refractivity contribution is 0.0996. The van der Waals surface area contributed by atoms with Crippen molar-refractivity contribution >= 4 is 39.1 Å². The second-order valence-corrected chi connectivity index (χ2v) is 7.70. The average Bonchev–Trinajstić information content (AvgIpc) is 2.96. The van der Waals surface area contributed by atoms with Gasteiger partial charge in [-0.1, -0.05) is 40.6 Å². The van der Waals surface area contributed by atoms with Gasteiger partial charge in [-0.15, -0.1) is 0 Å². The molecule has 3 rings (SSSR count). The van der Waals surface area contributed by atoms with E-state index in [0.29, 0.717) is 28.5 Å². The van der Waals surface area contributed by atoms with Crippen LogP contribution in [-0.2, 0) is 11.3 Å². The Morgan fingerprint density at radius 1 is 1.23 bits per heavy atom. The molecule has 0 spiro atoms. The predicted octanol–water partition coefficient (Wildman–Crippen LogP) is 4.67. The number of aromatic nitrogens is 1. The van der Waals surface area contributed by atoms with E-state index >= 15 is 0 Å². The quantitative estimate of drug-likeness (QED) is 0.651. The monoisotopic (exact) mass is 388 g/mol. The van der Waals surface area contributed by atoms with E-state index in [2.05, 4.69) is 4.99 Å². The molecule has 3 aromatic rings. The largest absolute Gasteiger partial charge is 0.383 e. The van der Waals surface area contributed by atoms with Gasteiger partial charge in [0.05, 0.1) is 16.8 Å². The Morgan fingerprint density at radius 2 is 2.00 bits per heavy atom. The van der Waals surface area contributed by atoms with Crippen LogP contribution in [0.1, 0.15) is 27.0 Å². The summed E-state index contributed by atoms with van der Waals surface area (Å²) in [4.78, 5) is 17.9. The molecule has 0 saturated heterocycles. The molecule has 4 nitrogen and oxygen atoms in total. The van der Waals surface area contributed by atoms with Crippen LogP contribution in [0.25, 0.3) is 10.2 Å². The molecule has 0 radical (unpaired) electrons. The Labute approximate surface area is 161 Å². The molecule has 0 fully saturated rings. The second kappa shape index (κ2) is 7.74. The molecule has 0 aliphatic heterocycles. The van der Waals surface area contributed by atoms with Gasteiger partial charge in [0.1, 0.15) is 0 Å². The number of aryl methyl sites for hydroxylation is 3. The highest BCUT2D eigenvalue weighted by molar-refractivity contribution is 7.16. The van der Waals surface area contributed by atoms with Crippen LogP contribution in [0, 0.1) is 20.8 Å². The van der Waals surface area contributed by atoms with Crippen LogP contribution < -0.4 is 4.80 Å². The van der Waals surface area contributed by atoms with Crippen LogP contribution in [0.4, 0.5) is 0 Å². The number of rotatable bonds is 4. The summed E-state index contributed by atoms with van der Waals surface area (Å²) in [6, 6.07) is 9.68. The normalized spacial score (nSPS) is 12.1. The lowest BCUT2D eigenvalue weighted by Gasteiger charge is -2.08. The Morgan fingerprint density at radius 3 is 2.73 bits per heavy atom. The van der Waals surface area contributed by atoms with E-state index in [1.807, 2.05) is 55.7 Å². The van der Waals surface area contributed by atoms with Crippen molar-refractivity contribution in [3.05, 3.63) is 62.4 Å². The number of ether oxygens (including phenoxy) is 1. The fraction of sp³-hybridized carbons (Fsp3) is 0.300. The van der Waals surface area contributed by atoms with Crippen LogP contribution in [0.5, 0.6) is 0 Å². The van der Waals surface area contributed by atoms with E-state index in [-0.39, 0.29) is 5.91 Å². The van der Waals surface area contributed by atoms with Gasteiger partial charge in [0.25, 0.3) is 5.91 Å². The van der Waals surface area contributed by atoms with Crippen molar-refractivity contribution < 1.29 is 9.53 Å². The summed E-state index contributed by atoms with van der Waals surface area (Å²) >= 11 is 7.80. The molecule has 0 aliphatic carbocycles. The van der Waals surface area contributed by atoms with Crippen molar-refractivity contribution in [1.29, 1.82) is 0 Å². The van der Waals surface area contributed by atoms with Gasteiger partial charge < -0.3 is 9.30 Å². The van der Waals surface area contributed by atoms with Crippen molar-refractivity contribution in [3.63, 3.8) is 0 Å². The molecule has 0 saturated carbocycles. The summed E-state index contributed by atoms with van der Waals surface area (Å²) in [5, 5.41) is 0.703. The van der Waals surface area contributed by atoms with Crippen LogP contribution in [0.2, 0.25) is 5.02 Å². The van der Waals surface area contributed by atoms with Gasteiger partial charge in [-0.2, -0.15) is 4.99 Å². The second-order valence-electron chi connectivity index (χ2n) is 6.28. The third-order valence-corrected chi connectivity index (χ3v) is 5.82. The predicted molar refractivity (Wildman–Crippen MR) is 107 cm³/mol. The Balaban J connectivity index is 2.20. The minimum Gasteiger partial charge on any atom is -0.383 e. The van der Waals surface area contributed by atoms with E-state index in [1.165, 1.54) is 11.3 Å². The molecule has 26 heavy (non-hydrogen) atoms. The minimum absolute atomic E-state index is 0.229. The molecule has 1 heterocycles. The molecule has 0 atom stereocenters. The summed E-state index contributed by atoms with van der Waals surface area (Å²) in [5.41, 5.74) is 4.59. The molecule has 136 valence electrons. The summed E-state index contributed by atoms with van der Waals surface area (Å²) in [5.74, 6) is -0.229. The zero-order chi connectivity index (χ0) is 18.8. The number of fused-ring (bicyclic) bond motifs is 1. The van der Waals surface area contributed by atoms with Crippen molar-refractivity contribution in [3.8, 4) is 0 Å². The summed E-state index contributed by atoms with van der Waals surface area (Å²) in [6.45, 7) is 7.02. The first-order valence-corrected chi connectivity index (χ1v) is 9.55. The number of halogens is 1. The third kappa shape index (κ3) is 3.61. The third-order valence-electron chi connectivity index (χ3n) is 4.37. The lowest BCUT2D eigenvalue weighted by Crippen LogP contribution is -2.20. The highest BCUT2D eigenvalue weighted by Gasteiger charge is 2.14. The number of benzene rings is 2. The van der Waals surface area contributed by atoms with Gasteiger partial charge >= 0.3 is 0 Å². The maximum absolute atomic E-state index is 12.8. The standard InChI is InChI=1S/C20H21ClN2O2S/c1-12-5-6-13(2)15(11-12)19(24)22-20-23(9-10-25-4)18-14(3)16(21)7-8-17(18)26-20/h5-8,11H,9-10H2,1-4H3. The van der Waals surface area contributed by atoms with Gasteiger partial charge in [-0.3, -0.25) is 4.79 Å². The molecule has 2 aromatic carbocycles. The van der Waals surface area contributed by atoms with E-state index < -0.39 is 0 Å². The summed E-state index contributed by atoms with van der Waals surface area (Å²) in [6.07, 6.45) is 0. The van der Waals surface area contributed by atoms with Gasteiger partial charge in [0.15, 0.2) is 4.80 Å². The van der Waals surface area contributed by atoms with Crippen LogP contribution in [0.15, 0.2) is 35.3 Å². The number of nitrogens with zero attached hydrogens (tertiary/aromatic N) is 2. The number of amides is 1. The molecular weight excluding hydrogens is 368 g/mol. The number of hydrogen-bond donors (Lipinski definition) is 0. The first-order chi connectivity index (χ1) is 12.4. The van der Waals surface area contributed by atoms with Gasteiger partial charge in [-0.05, 0) is 50.1 Å². The highest BCUT2D eigenvalue weighted by atomic mass is 35.5. The van der Waals surface area contributed by atoms with Gasteiger partial charge in [-0.25, -0.2) is 0 Å². The number of methoxy groups -OCH3 is 1. The van der Waals surface area contributed by atoms with Crippen LogP contribution >= 0.6 is 22.9 Å². The topological polar surface area (TPSA) is 43.6 Å². The number of carbonyl (C=O) groups is 1. The van der Waals surface area contributed by atoms with Crippen molar-refractivity contribution in [2.75, 3.05) is 13.7 Å². The smallest absolute Gasteiger partial charge is 0.279 e. The molecule has 0 aliphatic rings. The van der Waals surface area contributed by atoms with Gasteiger partial charge in [0, 0.05) is 24.2 Å². The van der Waals surface area contributed by atoms with E-state index in [4.69, 9.17) is 16.3 Å². The fourth-order valence-corrected chi connectivity index (χ4v) is 4.17. The maximum atomic E-state index is 12.8. The van der Waals surface area contributed by atoms with E-state index in [0.717, 1.165) is 26.9 Å².